The van der Waals surface area contributed by atoms with Crippen molar-refractivity contribution in [2.45, 2.75) is 13.8 Å². The number of hydrogen-bond acceptors (Lipinski definition) is 4. The highest BCUT2D eigenvalue weighted by Gasteiger charge is 2.32. The molecular weight excluding hydrogens is 391 g/mol. The molecule has 0 saturated heterocycles. The topological polar surface area (TPSA) is 76.7 Å². The molecule has 0 saturated carbocycles. The van der Waals surface area contributed by atoms with E-state index in [-0.39, 0.29) is 25.0 Å². The minimum atomic E-state index is -0.645. The molecule has 0 unspecified atom stereocenters. The summed E-state index contributed by atoms with van der Waals surface area (Å²) in [6.45, 7) is 3.65. The van der Waals surface area contributed by atoms with Crippen molar-refractivity contribution in [3.05, 3.63) is 46.4 Å². The molecule has 0 radical (unpaired) electrons. The van der Waals surface area contributed by atoms with Crippen molar-refractivity contribution >= 4 is 46.4 Å². The van der Waals surface area contributed by atoms with Crippen molar-refractivity contribution in [1.29, 1.82) is 0 Å². The first-order valence-corrected chi connectivity index (χ1v) is 8.96. The van der Waals surface area contributed by atoms with Gasteiger partial charge in [-0.1, -0.05) is 23.2 Å². The lowest BCUT2D eigenvalue weighted by atomic mass is 9.94. The van der Waals surface area contributed by atoms with Gasteiger partial charge in [-0.2, -0.15) is 0 Å². The molecule has 1 aliphatic heterocycles. The quantitative estimate of drug-likeness (QED) is 0.787. The van der Waals surface area contributed by atoms with Gasteiger partial charge in [-0.3, -0.25) is 9.59 Å². The summed E-state index contributed by atoms with van der Waals surface area (Å²) in [5.74, 6) is 0.393. The minimum absolute atomic E-state index is 0.148. The first kappa shape index (κ1) is 19.3. The van der Waals surface area contributed by atoms with E-state index < -0.39 is 5.41 Å². The molecule has 6 nitrogen and oxygen atoms in total. The van der Waals surface area contributed by atoms with Crippen LogP contribution in [-0.2, 0) is 9.59 Å². The third-order valence-corrected chi connectivity index (χ3v) is 4.50. The molecule has 0 spiro atoms. The van der Waals surface area contributed by atoms with Crippen LogP contribution in [0.3, 0.4) is 0 Å². The Morgan fingerprint density at radius 1 is 1.26 bits per heavy atom. The SMILES string of the molecule is CC1(C)COc2ccc(NC(=O)COc3ccc(Cl)cc3Cl)cc2NC1=O. The fourth-order valence-corrected chi connectivity index (χ4v) is 2.84. The van der Waals surface area contributed by atoms with Gasteiger partial charge >= 0.3 is 0 Å². The van der Waals surface area contributed by atoms with Gasteiger partial charge in [0.1, 0.15) is 18.1 Å². The molecule has 3 rings (SSSR count). The summed E-state index contributed by atoms with van der Waals surface area (Å²) in [5.41, 5.74) is 0.367. The number of carbonyl (C=O) groups excluding carboxylic acids is 2. The molecule has 0 fully saturated rings. The first-order valence-electron chi connectivity index (χ1n) is 8.20. The molecule has 1 aliphatic rings. The third-order valence-electron chi connectivity index (χ3n) is 3.97. The van der Waals surface area contributed by atoms with E-state index in [2.05, 4.69) is 10.6 Å². The Labute approximate surface area is 166 Å². The van der Waals surface area contributed by atoms with E-state index in [0.29, 0.717) is 32.9 Å². The summed E-state index contributed by atoms with van der Waals surface area (Å²) in [6.07, 6.45) is 0. The van der Waals surface area contributed by atoms with Gasteiger partial charge in [-0.15, -0.1) is 0 Å². The second kappa shape index (κ2) is 7.66. The maximum atomic E-state index is 12.2. The van der Waals surface area contributed by atoms with Gasteiger partial charge in [-0.05, 0) is 50.2 Å². The molecule has 1 heterocycles. The van der Waals surface area contributed by atoms with Gasteiger partial charge in [0.2, 0.25) is 5.91 Å². The van der Waals surface area contributed by atoms with Gasteiger partial charge in [0.05, 0.1) is 16.1 Å². The second-order valence-corrected chi connectivity index (χ2v) is 7.59. The zero-order valence-electron chi connectivity index (χ0n) is 14.8. The molecular formula is C19H18Cl2N2O4. The molecule has 27 heavy (non-hydrogen) atoms. The maximum Gasteiger partial charge on any atom is 0.262 e. The fourth-order valence-electron chi connectivity index (χ4n) is 2.38. The zero-order chi connectivity index (χ0) is 19.6. The van der Waals surface area contributed by atoms with Gasteiger partial charge < -0.3 is 20.1 Å². The molecule has 2 aromatic rings. The van der Waals surface area contributed by atoms with Gasteiger partial charge in [0, 0.05) is 10.7 Å². The Bertz CT molecular complexity index is 899. The van der Waals surface area contributed by atoms with Crippen molar-refractivity contribution < 1.29 is 19.1 Å². The monoisotopic (exact) mass is 408 g/mol. The van der Waals surface area contributed by atoms with Crippen LogP contribution in [0.25, 0.3) is 0 Å². The Morgan fingerprint density at radius 3 is 2.78 bits per heavy atom. The number of carbonyl (C=O) groups is 2. The molecule has 2 amide bonds. The Balaban J connectivity index is 1.64. The first-order chi connectivity index (χ1) is 12.7. The van der Waals surface area contributed by atoms with Crippen molar-refractivity contribution in [1.82, 2.24) is 0 Å². The molecule has 142 valence electrons. The third kappa shape index (κ3) is 4.64. The zero-order valence-corrected chi connectivity index (χ0v) is 16.3. The molecule has 2 aromatic carbocycles. The van der Waals surface area contributed by atoms with E-state index >= 15 is 0 Å². The average Bonchev–Trinajstić information content (AvgIpc) is 2.70. The summed E-state index contributed by atoms with van der Waals surface area (Å²) in [5, 5.41) is 6.33. The fraction of sp³-hybridized carbons (Fsp3) is 0.263. The van der Waals surface area contributed by atoms with Crippen molar-refractivity contribution in [2.75, 3.05) is 23.8 Å². The molecule has 2 N–H and O–H groups in total. The average molecular weight is 409 g/mol. The largest absolute Gasteiger partial charge is 0.490 e. The van der Waals surface area contributed by atoms with Crippen LogP contribution in [-0.4, -0.2) is 25.0 Å². The number of nitrogens with one attached hydrogen (secondary N) is 2. The van der Waals surface area contributed by atoms with Crippen LogP contribution < -0.4 is 20.1 Å². The van der Waals surface area contributed by atoms with E-state index in [1.165, 1.54) is 6.07 Å². The highest BCUT2D eigenvalue weighted by molar-refractivity contribution is 6.35. The Morgan fingerprint density at radius 2 is 2.04 bits per heavy atom. The molecule has 0 bridgehead atoms. The van der Waals surface area contributed by atoms with Crippen molar-refractivity contribution in [2.24, 2.45) is 5.41 Å². The van der Waals surface area contributed by atoms with Crippen LogP contribution in [0.2, 0.25) is 10.0 Å². The van der Waals surface area contributed by atoms with Crippen molar-refractivity contribution in [3.63, 3.8) is 0 Å². The van der Waals surface area contributed by atoms with Crippen LogP contribution in [0, 0.1) is 5.41 Å². The number of hydrogen-bond donors (Lipinski definition) is 2. The normalized spacial score (nSPS) is 15.0. The van der Waals surface area contributed by atoms with E-state index in [1.807, 2.05) is 0 Å². The van der Waals surface area contributed by atoms with Crippen molar-refractivity contribution in [3.8, 4) is 11.5 Å². The summed E-state index contributed by atoms with van der Waals surface area (Å²) >= 11 is 11.8. The number of ether oxygens (including phenoxy) is 2. The van der Waals surface area contributed by atoms with Gasteiger partial charge in [-0.25, -0.2) is 0 Å². The van der Waals surface area contributed by atoms with Crippen LogP contribution in [0.1, 0.15) is 13.8 Å². The molecule has 0 aromatic heterocycles. The van der Waals surface area contributed by atoms with E-state index in [4.69, 9.17) is 32.7 Å². The highest BCUT2D eigenvalue weighted by Crippen LogP contribution is 2.34. The molecule has 8 heteroatoms. The van der Waals surface area contributed by atoms with Crippen LogP contribution in [0.5, 0.6) is 11.5 Å². The number of anilines is 2. The number of halogens is 2. The predicted molar refractivity (Wildman–Crippen MR) is 105 cm³/mol. The molecule has 0 atom stereocenters. The summed E-state index contributed by atoms with van der Waals surface area (Å²) in [6, 6.07) is 9.78. The van der Waals surface area contributed by atoms with E-state index in [0.717, 1.165) is 0 Å². The Hall–Kier alpha value is -2.44. The minimum Gasteiger partial charge on any atom is -0.490 e. The summed E-state index contributed by atoms with van der Waals surface area (Å²) in [7, 11) is 0. The number of rotatable bonds is 4. The lowest BCUT2D eigenvalue weighted by molar-refractivity contribution is -0.125. The van der Waals surface area contributed by atoms with Gasteiger partial charge in [0.25, 0.3) is 5.91 Å². The lowest BCUT2D eigenvalue weighted by Crippen LogP contribution is -2.33. The van der Waals surface area contributed by atoms with Crippen LogP contribution >= 0.6 is 23.2 Å². The highest BCUT2D eigenvalue weighted by atomic mass is 35.5. The molecule has 0 aliphatic carbocycles. The summed E-state index contributed by atoms with van der Waals surface area (Å²) in [4.78, 5) is 24.4. The number of amides is 2. The summed E-state index contributed by atoms with van der Waals surface area (Å²) < 4.78 is 11.1. The maximum absolute atomic E-state index is 12.2. The lowest BCUT2D eigenvalue weighted by Gasteiger charge is -2.18. The predicted octanol–water partition coefficient (Wildman–Crippen LogP) is 4.37. The number of fused-ring (bicyclic) bond motifs is 1. The second-order valence-electron chi connectivity index (χ2n) is 6.75. The Kier molecular flexibility index (Phi) is 5.48. The van der Waals surface area contributed by atoms with Crippen LogP contribution in [0.4, 0.5) is 11.4 Å². The van der Waals surface area contributed by atoms with E-state index in [1.54, 1.807) is 44.2 Å². The smallest absolute Gasteiger partial charge is 0.262 e. The standard InChI is InChI=1S/C19H18Cl2N2O4/c1-19(2)10-27-16-6-4-12(8-14(16)23-18(19)25)22-17(24)9-26-15-5-3-11(20)7-13(15)21/h3-8H,9-10H2,1-2H3,(H,22,24)(H,23,25). The van der Waals surface area contributed by atoms with Gasteiger partial charge in [0.15, 0.2) is 6.61 Å². The van der Waals surface area contributed by atoms with Crippen LogP contribution in [0.15, 0.2) is 36.4 Å². The number of benzene rings is 2. The van der Waals surface area contributed by atoms with E-state index in [9.17, 15) is 9.59 Å².